The molecule has 3 aromatic rings. The van der Waals surface area contributed by atoms with Crippen LogP contribution in [0.15, 0.2) is 30.3 Å². The van der Waals surface area contributed by atoms with Crippen LogP contribution in [0.1, 0.15) is 35.8 Å². The number of carbonyl (C=O) groups is 2. The summed E-state index contributed by atoms with van der Waals surface area (Å²) in [6, 6.07) is 8.46. The summed E-state index contributed by atoms with van der Waals surface area (Å²) in [6.07, 6.45) is 1.46. The van der Waals surface area contributed by atoms with Crippen LogP contribution >= 0.6 is 0 Å². The number of hydrogen-bond acceptors (Lipinski definition) is 5. The van der Waals surface area contributed by atoms with Gasteiger partial charge in [0.2, 0.25) is 5.91 Å². The zero-order valence-electron chi connectivity index (χ0n) is 16.4. The Morgan fingerprint density at radius 2 is 1.90 bits per heavy atom. The summed E-state index contributed by atoms with van der Waals surface area (Å²) < 4.78 is 0. The molecule has 1 aliphatic heterocycles. The molecule has 29 heavy (non-hydrogen) atoms. The molecule has 1 saturated heterocycles. The van der Waals surface area contributed by atoms with Crippen molar-refractivity contribution in [3.05, 3.63) is 41.6 Å². The predicted molar refractivity (Wildman–Crippen MR) is 108 cm³/mol. The highest BCUT2D eigenvalue weighted by Gasteiger charge is 2.24. The van der Waals surface area contributed by atoms with Gasteiger partial charge in [0.05, 0.1) is 22.3 Å². The average Bonchev–Trinajstić information content (AvgIpc) is 3.09. The Morgan fingerprint density at radius 3 is 2.55 bits per heavy atom. The van der Waals surface area contributed by atoms with Gasteiger partial charge in [-0.15, -0.1) is 0 Å². The van der Waals surface area contributed by atoms with E-state index in [1.165, 1.54) is 0 Å². The standard InChI is InChI=1S/C21H23N5O3/c1-12-19-17(21(29)22-15-7-9-26(10-8-15)13(2)27)11-18(23-20(19)25-24-12)14-3-5-16(28)6-4-14/h3-6,11,15,28H,7-10H2,1-2H3,(H,22,29)(H,23,24,25). The van der Waals surface area contributed by atoms with Crippen LogP contribution in [-0.4, -0.2) is 56.1 Å². The van der Waals surface area contributed by atoms with Gasteiger partial charge < -0.3 is 15.3 Å². The van der Waals surface area contributed by atoms with E-state index in [9.17, 15) is 14.7 Å². The van der Waals surface area contributed by atoms with E-state index in [0.29, 0.717) is 41.1 Å². The lowest BCUT2D eigenvalue weighted by atomic mass is 10.0. The highest BCUT2D eigenvalue weighted by Crippen LogP contribution is 2.27. The van der Waals surface area contributed by atoms with Crippen LogP contribution in [0.3, 0.4) is 0 Å². The molecule has 8 heteroatoms. The van der Waals surface area contributed by atoms with E-state index in [1.807, 2.05) is 6.92 Å². The number of aromatic nitrogens is 3. The summed E-state index contributed by atoms with van der Waals surface area (Å²) in [5.74, 6) is 0.0588. The Bertz CT molecular complexity index is 1070. The second kappa shape index (κ2) is 7.54. The predicted octanol–water partition coefficient (Wildman–Crippen LogP) is 2.38. The van der Waals surface area contributed by atoms with Gasteiger partial charge in [-0.3, -0.25) is 14.7 Å². The quantitative estimate of drug-likeness (QED) is 0.633. The molecule has 3 heterocycles. The molecule has 8 nitrogen and oxygen atoms in total. The minimum Gasteiger partial charge on any atom is -0.508 e. The molecular formula is C21H23N5O3. The third-order valence-electron chi connectivity index (χ3n) is 5.39. The third kappa shape index (κ3) is 3.78. The van der Waals surface area contributed by atoms with Crippen LogP contribution in [0.5, 0.6) is 5.75 Å². The number of aromatic amines is 1. The Morgan fingerprint density at radius 1 is 1.21 bits per heavy atom. The van der Waals surface area contributed by atoms with E-state index in [-0.39, 0.29) is 23.6 Å². The molecule has 0 saturated carbocycles. The highest BCUT2D eigenvalue weighted by molar-refractivity contribution is 6.07. The number of benzene rings is 1. The molecule has 2 amide bonds. The van der Waals surface area contributed by atoms with Crippen molar-refractivity contribution in [3.63, 3.8) is 0 Å². The second-order valence-corrected chi connectivity index (χ2v) is 7.39. The number of likely N-dealkylation sites (tertiary alicyclic amines) is 1. The maximum absolute atomic E-state index is 13.1. The van der Waals surface area contributed by atoms with Crippen LogP contribution in [0.4, 0.5) is 0 Å². The smallest absolute Gasteiger partial charge is 0.252 e. The van der Waals surface area contributed by atoms with E-state index in [0.717, 1.165) is 18.4 Å². The first-order valence-electron chi connectivity index (χ1n) is 9.64. The molecule has 150 valence electrons. The summed E-state index contributed by atoms with van der Waals surface area (Å²) in [5, 5.41) is 20.4. The van der Waals surface area contributed by atoms with Crippen molar-refractivity contribution >= 4 is 22.8 Å². The van der Waals surface area contributed by atoms with Crippen molar-refractivity contribution in [2.45, 2.75) is 32.7 Å². The number of aromatic hydroxyl groups is 1. The number of rotatable bonds is 3. The van der Waals surface area contributed by atoms with Gasteiger partial charge in [-0.05, 0) is 50.1 Å². The van der Waals surface area contributed by atoms with Crippen molar-refractivity contribution in [1.82, 2.24) is 25.4 Å². The number of nitrogens with zero attached hydrogens (tertiary/aromatic N) is 3. The molecule has 0 bridgehead atoms. The van der Waals surface area contributed by atoms with Crippen molar-refractivity contribution in [2.75, 3.05) is 13.1 Å². The SMILES string of the molecule is CC(=O)N1CCC(NC(=O)c2cc(-c3ccc(O)cc3)nc3[nH]nc(C)c23)CC1. The molecule has 1 fully saturated rings. The van der Waals surface area contributed by atoms with E-state index in [2.05, 4.69) is 20.5 Å². The molecule has 2 aromatic heterocycles. The number of phenols is 1. The number of fused-ring (bicyclic) bond motifs is 1. The summed E-state index contributed by atoms with van der Waals surface area (Å²) in [7, 11) is 0. The average molecular weight is 393 g/mol. The van der Waals surface area contributed by atoms with Gasteiger partial charge in [-0.25, -0.2) is 4.98 Å². The third-order valence-corrected chi connectivity index (χ3v) is 5.39. The lowest BCUT2D eigenvalue weighted by Gasteiger charge is -2.31. The van der Waals surface area contributed by atoms with Gasteiger partial charge >= 0.3 is 0 Å². The Balaban J connectivity index is 1.63. The van der Waals surface area contributed by atoms with E-state index in [4.69, 9.17) is 0 Å². The fourth-order valence-electron chi connectivity index (χ4n) is 3.75. The minimum absolute atomic E-state index is 0.0191. The molecule has 0 unspecified atom stereocenters. The molecule has 1 aliphatic rings. The largest absolute Gasteiger partial charge is 0.508 e. The van der Waals surface area contributed by atoms with Crippen LogP contribution in [0, 0.1) is 6.92 Å². The molecule has 0 radical (unpaired) electrons. The van der Waals surface area contributed by atoms with Crippen molar-refractivity contribution in [1.29, 1.82) is 0 Å². The van der Waals surface area contributed by atoms with Crippen LogP contribution in [-0.2, 0) is 4.79 Å². The number of pyridine rings is 1. The van der Waals surface area contributed by atoms with E-state index >= 15 is 0 Å². The maximum Gasteiger partial charge on any atom is 0.252 e. The molecule has 1 aromatic carbocycles. The molecule has 3 N–H and O–H groups in total. The van der Waals surface area contributed by atoms with Crippen LogP contribution in [0.2, 0.25) is 0 Å². The molecule has 0 spiro atoms. The number of amides is 2. The molecule has 0 atom stereocenters. The first-order chi connectivity index (χ1) is 13.9. The Labute approximate surface area is 167 Å². The van der Waals surface area contributed by atoms with Crippen LogP contribution in [0.25, 0.3) is 22.3 Å². The second-order valence-electron chi connectivity index (χ2n) is 7.39. The number of hydrogen-bond donors (Lipinski definition) is 3. The zero-order valence-corrected chi connectivity index (χ0v) is 16.4. The first kappa shape index (κ1) is 18.9. The summed E-state index contributed by atoms with van der Waals surface area (Å²) in [6.45, 7) is 4.70. The Hall–Kier alpha value is -3.42. The highest BCUT2D eigenvalue weighted by atomic mass is 16.3. The van der Waals surface area contributed by atoms with Gasteiger partial charge in [0.25, 0.3) is 5.91 Å². The number of piperidine rings is 1. The topological polar surface area (TPSA) is 111 Å². The lowest BCUT2D eigenvalue weighted by molar-refractivity contribution is -0.129. The van der Waals surface area contributed by atoms with Crippen molar-refractivity contribution < 1.29 is 14.7 Å². The Kier molecular flexibility index (Phi) is 4.92. The molecular weight excluding hydrogens is 370 g/mol. The van der Waals surface area contributed by atoms with Gasteiger partial charge in [0.15, 0.2) is 5.65 Å². The zero-order chi connectivity index (χ0) is 20.5. The number of phenolic OH excluding ortho intramolecular Hbond substituents is 1. The number of H-pyrrole nitrogens is 1. The number of carbonyl (C=O) groups excluding carboxylic acids is 2. The van der Waals surface area contributed by atoms with Gasteiger partial charge in [0, 0.05) is 31.6 Å². The van der Waals surface area contributed by atoms with Crippen molar-refractivity contribution in [2.24, 2.45) is 0 Å². The maximum atomic E-state index is 13.1. The number of aryl methyl sites for hydroxylation is 1. The molecule has 0 aliphatic carbocycles. The van der Waals surface area contributed by atoms with Crippen molar-refractivity contribution in [3.8, 4) is 17.0 Å². The fraction of sp³-hybridized carbons (Fsp3) is 0.333. The normalized spacial score (nSPS) is 14.9. The molecule has 4 rings (SSSR count). The fourth-order valence-corrected chi connectivity index (χ4v) is 3.75. The minimum atomic E-state index is -0.178. The first-order valence-corrected chi connectivity index (χ1v) is 9.64. The van der Waals surface area contributed by atoms with Gasteiger partial charge in [-0.2, -0.15) is 5.10 Å². The van der Waals surface area contributed by atoms with E-state index in [1.54, 1.807) is 42.2 Å². The van der Waals surface area contributed by atoms with Crippen LogP contribution < -0.4 is 5.32 Å². The van der Waals surface area contributed by atoms with Gasteiger partial charge in [-0.1, -0.05) is 0 Å². The van der Waals surface area contributed by atoms with E-state index < -0.39 is 0 Å². The van der Waals surface area contributed by atoms with Gasteiger partial charge in [0.1, 0.15) is 5.75 Å². The summed E-state index contributed by atoms with van der Waals surface area (Å²) in [4.78, 5) is 31.0. The monoisotopic (exact) mass is 393 g/mol. The lowest BCUT2D eigenvalue weighted by Crippen LogP contribution is -2.46. The summed E-state index contributed by atoms with van der Waals surface area (Å²) in [5.41, 5.74) is 3.18. The summed E-state index contributed by atoms with van der Waals surface area (Å²) >= 11 is 0. The number of nitrogens with one attached hydrogen (secondary N) is 2.